The Kier molecular flexibility index (Phi) is 3.41. The normalized spacial score (nSPS) is 18.5. The molecule has 0 spiro atoms. The number of fused-ring (bicyclic) bond motifs is 1. The molecule has 1 aliphatic rings. The minimum atomic E-state index is -0.177. The van der Waals surface area contributed by atoms with E-state index in [1.165, 1.54) is 11.3 Å². The summed E-state index contributed by atoms with van der Waals surface area (Å²) >= 11 is 1.53. The summed E-state index contributed by atoms with van der Waals surface area (Å²) in [6.07, 6.45) is 1.81. The minimum absolute atomic E-state index is 0.0201. The highest BCUT2D eigenvalue weighted by Gasteiger charge is 2.32. The number of rotatable bonds is 3. The number of nitrogen functional groups attached to an aromatic ring is 1. The number of aromatic nitrogens is 2. The van der Waals surface area contributed by atoms with Gasteiger partial charge in [0.05, 0.1) is 5.39 Å². The van der Waals surface area contributed by atoms with Gasteiger partial charge < -0.3 is 10.2 Å². The molecule has 1 unspecified atom stereocenters. The van der Waals surface area contributed by atoms with Gasteiger partial charge in [0.2, 0.25) is 11.9 Å². The molecular weight excluding hydrogens is 276 g/mol. The van der Waals surface area contributed by atoms with Crippen molar-refractivity contribution in [3.8, 4) is 0 Å². The fourth-order valence-corrected chi connectivity index (χ4v) is 3.34. The first-order chi connectivity index (χ1) is 9.74. The third kappa shape index (κ3) is 2.06. The number of nitrogens with zero attached hydrogens (tertiary/aromatic N) is 3. The van der Waals surface area contributed by atoms with Crippen molar-refractivity contribution in [1.29, 1.82) is 0 Å². The van der Waals surface area contributed by atoms with Crippen LogP contribution in [0.1, 0.15) is 12.8 Å². The summed E-state index contributed by atoms with van der Waals surface area (Å²) in [6, 6.07) is 1.80. The van der Waals surface area contributed by atoms with Gasteiger partial charge in [0.1, 0.15) is 16.7 Å². The largest absolute Gasteiger partial charge is 0.357 e. The summed E-state index contributed by atoms with van der Waals surface area (Å²) in [5, 5.41) is 5.64. The first-order valence-corrected chi connectivity index (χ1v) is 7.32. The zero-order chi connectivity index (χ0) is 14.1. The molecule has 0 aromatic carbocycles. The van der Waals surface area contributed by atoms with Gasteiger partial charge in [0.25, 0.3) is 0 Å². The van der Waals surface area contributed by atoms with Crippen LogP contribution in [0.25, 0.3) is 10.2 Å². The number of carbonyl (C=O) groups excluding carboxylic acids is 1. The van der Waals surface area contributed by atoms with Gasteiger partial charge in [-0.15, -0.1) is 11.3 Å². The zero-order valence-electron chi connectivity index (χ0n) is 11.1. The molecule has 0 bridgehead atoms. The van der Waals surface area contributed by atoms with E-state index in [9.17, 15) is 4.79 Å². The molecule has 4 N–H and O–H groups in total. The Morgan fingerprint density at radius 3 is 3.15 bits per heavy atom. The third-order valence-electron chi connectivity index (χ3n) is 3.51. The van der Waals surface area contributed by atoms with Crippen LogP contribution in [0.2, 0.25) is 0 Å². The smallest absolute Gasteiger partial charge is 0.242 e. The molecule has 3 rings (SSSR count). The molecule has 8 heteroatoms. The first-order valence-electron chi connectivity index (χ1n) is 6.44. The SMILES string of the molecule is CNC(=O)C1CCCN1c1nc(NN)nc2sccc12. The fourth-order valence-electron chi connectivity index (χ4n) is 2.58. The highest BCUT2D eigenvalue weighted by atomic mass is 32.1. The van der Waals surface area contributed by atoms with Crippen molar-refractivity contribution in [2.24, 2.45) is 5.84 Å². The Morgan fingerprint density at radius 2 is 2.40 bits per heavy atom. The van der Waals surface area contributed by atoms with Gasteiger partial charge in [-0.05, 0) is 24.3 Å². The maximum atomic E-state index is 12.0. The average Bonchev–Trinajstić information content (AvgIpc) is 3.13. The second-order valence-corrected chi connectivity index (χ2v) is 5.51. The van der Waals surface area contributed by atoms with Crippen molar-refractivity contribution in [3.63, 3.8) is 0 Å². The van der Waals surface area contributed by atoms with Crippen molar-refractivity contribution in [3.05, 3.63) is 11.4 Å². The van der Waals surface area contributed by atoms with Crippen LogP contribution in [0, 0.1) is 0 Å². The second-order valence-electron chi connectivity index (χ2n) is 4.62. The standard InChI is InChI=1S/C12H16N6OS/c1-14-10(19)8-3-2-5-18(8)9-7-4-6-20-11(7)16-12(15-9)17-13/h4,6,8H,2-3,5,13H2,1H3,(H,14,19)(H,15,16,17). The number of nitrogens with two attached hydrogens (primary N) is 1. The number of carbonyl (C=O) groups is 1. The lowest BCUT2D eigenvalue weighted by atomic mass is 10.2. The molecule has 1 aliphatic heterocycles. The van der Waals surface area contributed by atoms with Crippen molar-refractivity contribution < 1.29 is 4.79 Å². The Morgan fingerprint density at radius 1 is 1.55 bits per heavy atom. The monoisotopic (exact) mass is 292 g/mol. The summed E-state index contributed by atoms with van der Waals surface area (Å²) in [4.78, 5) is 23.7. The molecule has 2 aromatic rings. The number of hydrogen-bond acceptors (Lipinski definition) is 7. The highest BCUT2D eigenvalue weighted by molar-refractivity contribution is 7.16. The average molecular weight is 292 g/mol. The second kappa shape index (κ2) is 5.22. The van der Waals surface area contributed by atoms with Crippen LogP contribution >= 0.6 is 11.3 Å². The summed E-state index contributed by atoms with van der Waals surface area (Å²) < 4.78 is 0. The lowest BCUT2D eigenvalue weighted by Gasteiger charge is -2.25. The molecule has 1 atom stereocenters. The zero-order valence-corrected chi connectivity index (χ0v) is 11.9. The number of nitrogens with one attached hydrogen (secondary N) is 2. The number of likely N-dealkylation sites (N-methyl/N-ethyl adjacent to an activating group) is 1. The van der Waals surface area contributed by atoms with E-state index >= 15 is 0 Å². The molecule has 3 heterocycles. The fraction of sp³-hybridized carbons (Fsp3) is 0.417. The third-order valence-corrected chi connectivity index (χ3v) is 4.31. The van der Waals surface area contributed by atoms with Crippen molar-refractivity contribution >= 4 is 39.2 Å². The van der Waals surface area contributed by atoms with Crippen LogP contribution in [0.15, 0.2) is 11.4 Å². The van der Waals surface area contributed by atoms with Crippen LogP contribution in [0.3, 0.4) is 0 Å². The van der Waals surface area contributed by atoms with E-state index in [0.29, 0.717) is 5.95 Å². The Hall–Kier alpha value is -1.93. The maximum absolute atomic E-state index is 12.0. The minimum Gasteiger partial charge on any atom is -0.357 e. The quantitative estimate of drug-likeness (QED) is 0.569. The van der Waals surface area contributed by atoms with Crippen LogP contribution < -0.4 is 21.5 Å². The summed E-state index contributed by atoms with van der Waals surface area (Å²) in [7, 11) is 1.66. The number of amides is 1. The molecule has 7 nitrogen and oxygen atoms in total. The predicted molar refractivity (Wildman–Crippen MR) is 79.7 cm³/mol. The van der Waals surface area contributed by atoms with Gasteiger partial charge in [-0.3, -0.25) is 10.2 Å². The highest BCUT2D eigenvalue weighted by Crippen LogP contribution is 2.33. The summed E-state index contributed by atoms with van der Waals surface area (Å²) in [5.41, 5.74) is 2.49. The van der Waals surface area contributed by atoms with Crippen molar-refractivity contribution in [2.75, 3.05) is 23.9 Å². The van der Waals surface area contributed by atoms with Gasteiger partial charge >= 0.3 is 0 Å². The van der Waals surface area contributed by atoms with Gasteiger partial charge in [0, 0.05) is 13.6 Å². The molecular formula is C12H16N6OS. The van der Waals surface area contributed by atoms with Crippen LogP contribution in [0.4, 0.5) is 11.8 Å². The number of anilines is 2. The topological polar surface area (TPSA) is 96.2 Å². The summed E-state index contributed by atoms with van der Waals surface area (Å²) in [6.45, 7) is 0.810. The number of hydrazine groups is 1. The lowest BCUT2D eigenvalue weighted by molar-refractivity contribution is -0.121. The molecule has 0 saturated carbocycles. The van der Waals surface area contributed by atoms with Crippen molar-refractivity contribution in [1.82, 2.24) is 15.3 Å². The van der Waals surface area contributed by atoms with Crippen LogP contribution in [0.5, 0.6) is 0 Å². The van der Waals surface area contributed by atoms with Crippen LogP contribution in [-0.4, -0.2) is 35.5 Å². The maximum Gasteiger partial charge on any atom is 0.242 e. The summed E-state index contributed by atoms with van der Waals surface area (Å²) in [5.74, 6) is 6.60. The Labute approximate surface area is 120 Å². The molecule has 1 saturated heterocycles. The van der Waals surface area contributed by atoms with E-state index in [-0.39, 0.29) is 11.9 Å². The lowest BCUT2D eigenvalue weighted by Crippen LogP contribution is -2.42. The van der Waals surface area contributed by atoms with E-state index in [1.54, 1.807) is 7.05 Å². The van der Waals surface area contributed by atoms with E-state index in [4.69, 9.17) is 5.84 Å². The molecule has 106 valence electrons. The van der Waals surface area contributed by atoms with E-state index in [1.807, 2.05) is 16.3 Å². The number of hydrogen-bond donors (Lipinski definition) is 3. The first kappa shape index (κ1) is 13.1. The molecule has 2 aromatic heterocycles. The van der Waals surface area contributed by atoms with Gasteiger partial charge in [-0.2, -0.15) is 4.98 Å². The van der Waals surface area contributed by atoms with Gasteiger partial charge in [0.15, 0.2) is 0 Å². The van der Waals surface area contributed by atoms with Gasteiger partial charge in [-0.25, -0.2) is 10.8 Å². The van der Waals surface area contributed by atoms with E-state index in [2.05, 4.69) is 20.7 Å². The van der Waals surface area contributed by atoms with E-state index < -0.39 is 0 Å². The molecule has 1 fully saturated rings. The Balaban J connectivity index is 2.08. The molecule has 20 heavy (non-hydrogen) atoms. The van der Waals surface area contributed by atoms with Crippen LogP contribution in [-0.2, 0) is 4.79 Å². The Bertz CT molecular complexity index is 642. The predicted octanol–water partition coefficient (Wildman–Crippen LogP) is 0.692. The molecule has 1 amide bonds. The van der Waals surface area contributed by atoms with Gasteiger partial charge in [-0.1, -0.05) is 0 Å². The molecule has 0 aliphatic carbocycles. The number of thiophene rings is 1. The molecule has 0 radical (unpaired) electrons. The van der Waals surface area contributed by atoms with Crippen molar-refractivity contribution in [2.45, 2.75) is 18.9 Å². The van der Waals surface area contributed by atoms with E-state index in [0.717, 1.165) is 35.4 Å².